The van der Waals surface area contributed by atoms with Crippen LogP contribution in [0, 0.1) is 6.92 Å². The second kappa shape index (κ2) is 8.21. The number of benzene rings is 1. The quantitative estimate of drug-likeness (QED) is 0.752. The van der Waals surface area contributed by atoms with E-state index < -0.39 is 21.3 Å². The van der Waals surface area contributed by atoms with E-state index in [-0.39, 0.29) is 17.8 Å². The summed E-state index contributed by atoms with van der Waals surface area (Å²) in [6.45, 7) is 4.57. The van der Waals surface area contributed by atoms with Crippen LogP contribution >= 0.6 is 0 Å². The van der Waals surface area contributed by atoms with Crippen molar-refractivity contribution in [3.8, 4) is 11.4 Å². The highest BCUT2D eigenvalue weighted by molar-refractivity contribution is 7.91. The van der Waals surface area contributed by atoms with Crippen LogP contribution in [0.25, 0.3) is 11.4 Å². The second-order valence-electron chi connectivity index (χ2n) is 7.00. The van der Waals surface area contributed by atoms with Crippen molar-refractivity contribution in [3.05, 3.63) is 35.7 Å². The molecule has 1 aliphatic rings. The standard InChI is InChI=1S/C19H25N3O4S/c1-3-15-9-6-7-11-22(15)18(23)13-27(24,25)12-17-20-19(21-26-17)16-10-5-4-8-14(16)2/h4-5,8,10,15H,3,6-7,9,11-13H2,1-2H3. The van der Waals surface area contributed by atoms with Crippen molar-refractivity contribution in [2.75, 3.05) is 12.3 Å². The van der Waals surface area contributed by atoms with Crippen LogP contribution in [0.5, 0.6) is 0 Å². The molecule has 0 aliphatic carbocycles. The van der Waals surface area contributed by atoms with Gasteiger partial charge in [0.1, 0.15) is 11.5 Å². The summed E-state index contributed by atoms with van der Waals surface area (Å²) in [5.41, 5.74) is 1.76. The third-order valence-electron chi connectivity index (χ3n) is 4.96. The van der Waals surface area contributed by atoms with E-state index in [0.717, 1.165) is 36.8 Å². The lowest BCUT2D eigenvalue weighted by Gasteiger charge is -2.35. The molecule has 0 saturated carbocycles. The number of rotatable bonds is 6. The number of sulfone groups is 1. The fraction of sp³-hybridized carbons (Fsp3) is 0.526. The molecule has 1 aliphatic heterocycles. The van der Waals surface area contributed by atoms with Crippen LogP contribution in [0.15, 0.2) is 28.8 Å². The van der Waals surface area contributed by atoms with Crippen LogP contribution in [0.1, 0.15) is 44.1 Å². The molecule has 1 atom stereocenters. The number of nitrogens with zero attached hydrogens (tertiary/aromatic N) is 3. The highest BCUT2D eigenvalue weighted by atomic mass is 32.2. The number of aryl methyl sites for hydroxylation is 1. The zero-order valence-electron chi connectivity index (χ0n) is 15.7. The van der Waals surface area contributed by atoms with E-state index in [0.29, 0.717) is 12.4 Å². The zero-order valence-corrected chi connectivity index (χ0v) is 16.5. The average molecular weight is 391 g/mol. The molecule has 0 spiro atoms. The van der Waals surface area contributed by atoms with Gasteiger partial charge in [-0.3, -0.25) is 4.79 Å². The molecule has 2 heterocycles. The van der Waals surface area contributed by atoms with Crippen molar-refractivity contribution in [1.29, 1.82) is 0 Å². The number of hydrogen-bond acceptors (Lipinski definition) is 6. The molecular weight excluding hydrogens is 366 g/mol. The predicted molar refractivity (Wildman–Crippen MR) is 102 cm³/mol. The van der Waals surface area contributed by atoms with Gasteiger partial charge in [-0.15, -0.1) is 0 Å². The molecule has 1 amide bonds. The number of carbonyl (C=O) groups excluding carboxylic acids is 1. The minimum Gasteiger partial charge on any atom is -0.339 e. The van der Waals surface area contributed by atoms with Crippen LogP contribution in [0.4, 0.5) is 0 Å². The predicted octanol–water partition coefficient (Wildman–Crippen LogP) is 2.75. The first kappa shape index (κ1) is 19.5. The Bertz CT molecular complexity index is 907. The van der Waals surface area contributed by atoms with Gasteiger partial charge in [0.2, 0.25) is 17.6 Å². The highest BCUT2D eigenvalue weighted by Crippen LogP contribution is 2.22. The van der Waals surface area contributed by atoms with Gasteiger partial charge in [-0.1, -0.05) is 36.3 Å². The van der Waals surface area contributed by atoms with Crippen molar-refractivity contribution in [2.24, 2.45) is 0 Å². The molecule has 3 rings (SSSR count). The van der Waals surface area contributed by atoms with Gasteiger partial charge >= 0.3 is 0 Å². The van der Waals surface area contributed by atoms with Gasteiger partial charge in [0.05, 0.1) is 0 Å². The lowest BCUT2D eigenvalue weighted by Crippen LogP contribution is -2.45. The number of amides is 1. The molecular formula is C19H25N3O4S. The first-order chi connectivity index (χ1) is 12.9. The average Bonchev–Trinajstić information content (AvgIpc) is 3.09. The molecule has 2 aromatic rings. The van der Waals surface area contributed by atoms with Crippen LogP contribution in [0.3, 0.4) is 0 Å². The Balaban J connectivity index is 1.68. The van der Waals surface area contributed by atoms with E-state index in [1.807, 2.05) is 38.1 Å². The molecule has 8 heteroatoms. The molecule has 1 unspecified atom stereocenters. The summed E-state index contributed by atoms with van der Waals surface area (Å²) in [7, 11) is -3.68. The van der Waals surface area contributed by atoms with Gasteiger partial charge in [-0.05, 0) is 38.2 Å². The van der Waals surface area contributed by atoms with Crippen LogP contribution in [-0.2, 0) is 20.4 Å². The number of aromatic nitrogens is 2. The third kappa shape index (κ3) is 4.74. The fourth-order valence-corrected chi connectivity index (χ4v) is 4.65. The van der Waals surface area contributed by atoms with Crippen molar-refractivity contribution in [3.63, 3.8) is 0 Å². The Morgan fingerprint density at radius 3 is 2.81 bits per heavy atom. The summed E-state index contributed by atoms with van der Waals surface area (Å²) in [5.74, 6) is -0.924. The molecule has 0 N–H and O–H groups in total. The van der Waals surface area contributed by atoms with E-state index in [9.17, 15) is 13.2 Å². The summed E-state index contributed by atoms with van der Waals surface area (Å²) in [6.07, 6.45) is 3.78. The van der Waals surface area contributed by atoms with Crippen molar-refractivity contribution < 1.29 is 17.7 Å². The van der Waals surface area contributed by atoms with Gasteiger partial charge in [0, 0.05) is 18.2 Å². The fourth-order valence-electron chi connectivity index (χ4n) is 3.51. The monoisotopic (exact) mass is 391 g/mol. The molecule has 146 valence electrons. The van der Waals surface area contributed by atoms with E-state index in [2.05, 4.69) is 10.1 Å². The van der Waals surface area contributed by atoms with E-state index in [1.54, 1.807) is 4.90 Å². The summed E-state index contributed by atoms with van der Waals surface area (Å²) >= 11 is 0. The largest absolute Gasteiger partial charge is 0.339 e. The maximum absolute atomic E-state index is 12.5. The van der Waals surface area contributed by atoms with Crippen molar-refractivity contribution in [1.82, 2.24) is 15.0 Å². The summed E-state index contributed by atoms with van der Waals surface area (Å²) in [5, 5.41) is 3.88. The molecule has 7 nitrogen and oxygen atoms in total. The molecule has 1 saturated heterocycles. The molecule has 27 heavy (non-hydrogen) atoms. The third-order valence-corrected chi connectivity index (χ3v) is 6.33. The van der Waals surface area contributed by atoms with Gasteiger partial charge in [0.15, 0.2) is 9.84 Å². The summed E-state index contributed by atoms with van der Waals surface area (Å²) in [4.78, 5) is 18.4. The van der Waals surface area contributed by atoms with Crippen LogP contribution in [0.2, 0.25) is 0 Å². The second-order valence-corrected chi connectivity index (χ2v) is 9.07. The molecule has 0 radical (unpaired) electrons. The number of likely N-dealkylation sites (tertiary alicyclic amines) is 1. The molecule has 1 fully saturated rings. The topological polar surface area (TPSA) is 93.4 Å². The Hall–Kier alpha value is -2.22. The lowest BCUT2D eigenvalue weighted by atomic mass is 10.0. The van der Waals surface area contributed by atoms with Gasteiger partial charge < -0.3 is 9.42 Å². The number of hydrogen-bond donors (Lipinski definition) is 0. The van der Waals surface area contributed by atoms with Crippen LogP contribution in [-0.4, -0.2) is 47.7 Å². The van der Waals surface area contributed by atoms with Gasteiger partial charge in [-0.2, -0.15) is 4.98 Å². The lowest BCUT2D eigenvalue weighted by molar-refractivity contribution is -0.132. The van der Waals surface area contributed by atoms with Gasteiger partial charge in [-0.25, -0.2) is 8.42 Å². The Morgan fingerprint density at radius 2 is 2.07 bits per heavy atom. The maximum atomic E-state index is 12.5. The van der Waals surface area contributed by atoms with Crippen LogP contribution < -0.4 is 0 Å². The maximum Gasteiger partial charge on any atom is 0.242 e. The minimum atomic E-state index is -3.68. The highest BCUT2D eigenvalue weighted by Gasteiger charge is 2.29. The zero-order chi connectivity index (χ0) is 19.4. The summed E-state index contributed by atoms with van der Waals surface area (Å²) in [6, 6.07) is 7.67. The molecule has 1 aromatic heterocycles. The Morgan fingerprint density at radius 1 is 1.30 bits per heavy atom. The van der Waals surface area contributed by atoms with E-state index in [1.165, 1.54) is 0 Å². The Labute approximate surface area is 159 Å². The first-order valence-electron chi connectivity index (χ1n) is 9.28. The Kier molecular flexibility index (Phi) is 5.94. The van der Waals surface area contributed by atoms with E-state index >= 15 is 0 Å². The number of piperidine rings is 1. The van der Waals surface area contributed by atoms with Gasteiger partial charge in [0.25, 0.3) is 0 Å². The molecule has 0 bridgehead atoms. The first-order valence-corrected chi connectivity index (χ1v) is 11.1. The smallest absolute Gasteiger partial charge is 0.242 e. The van der Waals surface area contributed by atoms with Crippen molar-refractivity contribution >= 4 is 15.7 Å². The molecule has 1 aromatic carbocycles. The SMILES string of the molecule is CCC1CCCCN1C(=O)CS(=O)(=O)Cc1nc(-c2ccccc2C)no1. The van der Waals surface area contributed by atoms with E-state index in [4.69, 9.17) is 4.52 Å². The normalized spacial score (nSPS) is 17.9. The summed E-state index contributed by atoms with van der Waals surface area (Å²) < 4.78 is 30.1. The minimum absolute atomic E-state index is 0.00624. The van der Waals surface area contributed by atoms with Crippen molar-refractivity contribution in [2.45, 2.75) is 51.3 Å². The number of carbonyl (C=O) groups is 1.